The standard InChI is InChI=1S/C24H28N4O/c1-2-21-24(25-22(29)17-18-9-5-3-6-10-18)23(27-26-21)19-11-13-20(14-12-19)28-15-7-4-8-16-28/h3,5-6,9-14H,2,4,7-8,15-17H2,1H3,(H,25,29)(H,26,27). The maximum Gasteiger partial charge on any atom is 0.228 e. The number of amides is 1. The highest BCUT2D eigenvalue weighted by molar-refractivity contribution is 5.96. The Balaban J connectivity index is 1.53. The molecular weight excluding hydrogens is 360 g/mol. The summed E-state index contributed by atoms with van der Waals surface area (Å²) < 4.78 is 0. The average Bonchev–Trinajstić information content (AvgIpc) is 3.17. The van der Waals surface area contributed by atoms with E-state index in [1.165, 1.54) is 24.9 Å². The summed E-state index contributed by atoms with van der Waals surface area (Å²) in [6, 6.07) is 18.3. The zero-order chi connectivity index (χ0) is 20.1. The molecule has 150 valence electrons. The van der Waals surface area contributed by atoms with Crippen LogP contribution >= 0.6 is 0 Å². The summed E-state index contributed by atoms with van der Waals surface area (Å²) in [5, 5.41) is 10.7. The molecule has 1 fully saturated rings. The molecule has 3 aromatic rings. The van der Waals surface area contributed by atoms with Crippen molar-refractivity contribution in [2.75, 3.05) is 23.3 Å². The van der Waals surface area contributed by atoms with Gasteiger partial charge in [0.2, 0.25) is 5.91 Å². The highest BCUT2D eigenvalue weighted by Gasteiger charge is 2.17. The molecule has 2 heterocycles. The molecule has 1 aliphatic heterocycles. The first-order valence-corrected chi connectivity index (χ1v) is 10.5. The summed E-state index contributed by atoms with van der Waals surface area (Å²) >= 11 is 0. The van der Waals surface area contributed by atoms with Gasteiger partial charge in [0, 0.05) is 24.3 Å². The highest BCUT2D eigenvalue weighted by atomic mass is 16.1. The molecular formula is C24H28N4O. The first kappa shape index (κ1) is 19.2. The number of benzene rings is 2. The predicted molar refractivity (Wildman–Crippen MR) is 118 cm³/mol. The van der Waals surface area contributed by atoms with Crippen molar-refractivity contribution < 1.29 is 4.79 Å². The summed E-state index contributed by atoms with van der Waals surface area (Å²) in [5.41, 5.74) is 5.80. The van der Waals surface area contributed by atoms with Crippen LogP contribution in [0.1, 0.15) is 37.4 Å². The fourth-order valence-electron chi connectivity index (χ4n) is 3.92. The van der Waals surface area contributed by atoms with Gasteiger partial charge in [0.15, 0.2) is 0 Å². The lowest BCUT2D eigenvalue weighted by atomic mass is 10.1. The largest absolute Gasteiger partial charge is 0.372 e. The number of aromatic nitrogens is 2. The number of aryl methyl sites for hydroxylation is 1. The Kier molecular flexibility index (Phi) is 5.94. The number of H-pyrrole nitrogens is 1. The lowest BCUT2D eigenvalue weighted by molar-refractivity contribution is -0.115. The molecule has 1 amide bonds. The summed E-state index contributed by atoms with van der Waals surface area (Å²) in [4.78, 5) is 15.1. The number of carbonyl (C=O) groups excluding carboxylic acids is 1. The molecule has 0 saturated carbocycles. The minimum absolute atomic E-state index is 0.0292. The van der Waals surface area contributed by atoms with Gasteiger partial charge in [-0.25, -0.2) is 0 Å². The second-order valence-electron chi connectivity index (χ2n) is 7.58. The van der Waals surface area contributed by atoms with Crippen LogP contribution in [0.25, 0.3) is 11.3 Å². The average molecular weight is 389 g/mol. The van der Waals surface area contributed by atoms with Crippen LogP contribution in [0.4, 0.5) is 11.4 Å². The minimum atomic E-state index is -0.0292. The number of piperidine rings is 1. The van der Waals surface area contributed by atoms with Gasteiger partial charge in [0.05, 0.1) is 17.8 Å². The van der Waals surface area contributed by atoms with Crippen LogP contribution in [-0.2, 0) is 17.6 Å². The number of nitrogens with zero attached hydrogens (tertiary/aromatic N) is 2. The van der Waals surface area contributed by atoms with E-state index in [1.54, 1.807) is 0 Å². The van der Waals surface area contributed by atoms with E-state index in [-0.39, 0.29) is 5.91 Å². The molecule has 0 atom stereocenters. The van der Waals surface area contributed by atoms with E-state index in [1.807, 2.05) is 30.3 Å². The summed E-state index contributed by atoms with van der Waals surface area (Å²) in [6.07, 6.45) is 4.98. The summed E-state index contributed by atoms with van der Waals surface area (Å²) in [6.45, 7) is 4.31. The second kappa shape index (κ2) is 8.95. The number of nitrogens with one attached hydrogen (secondary N) is 2. The van der Waals surface area contributed by atoms with E-state index in [9.17, 15) is 4.79 Å². The molecule has 29 heavy (non-hydrogen) atoms. The van der Waals surface area contributed by atoms with Crippen LogP contribution in [0.5, 0.6) is 0 Å². The normalized spacial score (nSPS) is 14.0. The molecule has 0 unspecified atom stereocenters. The smallest absolute Gasteiger partial charge is 0.228 e. The lowest BCUT2D eigenvalue weighted by Crippen LogP contribution is -2.29. The van der Waals surface area contributed by atoms with Crippen LogP contribution in [0.3, 0.4) is 0 Å². The zero-order valence-electron chi connectivity index (χ0n) is 16.9. The molecule has 5 heteroatoms. The Morgan fingerprint density at radius 1 is 1.03 bits per heavy atom. The lowest BCUT2D eigenvalue weighted by Gasteiger charge is -2.28. The Morgan fingerprint density at radius 2 is 1.76 bits per heavy atom. The van der Waals surface area contributed by atoms with Gasteiger partial charge in [-0.2, -0.15) is 5.10 Å². The molecule has 0 bridgehead atoms. The number of anilines is 2. The Morgan fingerprint density at radius 3 is 2.45 bits per heavy atom. The number of aromatic amines is 1. The molecule has 5 nitrogen and oxygen atoms in total. The third-order valence-electron chi connectivity index (χ3n) is 5.53. The van der Waals surface area contributed by atoms with Gasteiger partial charge < -0.3 is 10.2 Å². The van der Waals surface area contributed by atoms with Crippen LogP contribution < -0.4 is 10.2 Å². The van der Waals surface area contributed by atoms with E-state index in [4.69, 9.17) is 0 Å². The monoisotopic (exact) mass is 388 g/mol. The maximum atomic E-state index is 12.6. The van der Waals surface area contributed by atoms with Crippen molar-refractivity contribution in [3.05, 3.63) is 65.9 Å². The first-order chi connectivity index (χ1) is 14.2. The fraction of sp³-hybridized carbons (Fsp3) is 0.333. The van der Waals surface area contributed by atoms with Gasteiger partial charge in [-0.1, -0.05) is 49.4 Å². The summed E-state index contributed by atoms with van der Waals surface area (Å²) in [7, 11) is 0. The van der Waals surface area contributed by atoms with Gasteiger partial charge in [0.25, 0.3) is 0 Å². The highest BCUT2D eigenvalue weighted by Crippen LogP contribution is 2.31. The van der Waals surface area contributed by atoms with E-state index in [0.29, 0.717) is 6.42 Å². The topological polar surface area (TPSA) is 61.0 Å². The van der Waals surface area contributed by atoms with Gasteiger partial charge in [-0.05, 0) is 43.4 Å². The number of hydrogen-bond donors (Lipinski definition) is 2. The molecule has 2 N–H and O–H groups in total. The third kappa shape index (κ3) is 4.50. The molecule has 2 aromatic carbocycles. The maximum absolute atomic E-state index is 12.6. The molecule has 0 spiro atoms. The Bertz CT molecular complexity index is 941. The van der Waals surface area contributed by atoms with Crippen molar-refractivity contribution in [3.63, 3.8) is 0 Å². The van der Waals surface area contributed by atoms with E-state index < -0.39 is 0 Å². The molecule has 0 aliphatic carbocycles. The zero-order valence-corrected chi connectivity index (χ0v) is 16.9. The number of hydrogen-bond acceptors (Lipinski definition) is 3. The van der Waals surface area contributed by atoms with Crippen molar-refractivity contribution in [2.24, 2.45) is 0 Å². The van der Waals surface area contributed by atoms with Crippen molar-refractivity contribution in [1.82, 2.24) is 10.2 Å². The van der Waals surface area contributed by atoms with Crippen molar-refractivity contribution >= 4 is 17.3 Å². The van der Waals surface area contributed by atoms with E-state index in [2.05, 4.69) is 51.6 Å². The quantitative estimate of drug-likeness (QED) is 0.637. The molecule has 1 aromatic heterocycles. The Labute approximate surface area is 172 Å². The van der Waals surface area contributed by atoms with Crippen LogP contribution in [0, 0.1) is 0 Å². The Hall–Kier alpha value is -3.08. The van der Waals surface area contributed by atoms with Gasteiger partial charge in [-0.15, -0.1) is 0 Å². The molecule has 0 radical (unpaired) electrons. The second-order valence-corrected chi connectivity index (χ2v) is 7.58. The van der Waals surface area contributed by atoms with Gasteiger partial charge >= 0.3 is 0 Å². The van der Waals surface area contributed by atoms with Gasteiger partial charge in [-0.3, -0.25) is 9.89 Å². The molecule has 1 saturated heterocycles. The third-order valence-corrected chi connectivity index (χ3v) is 5.53. The van der Waals surface area contributed by atoms with E-state index >= 15 is 0 Å². The SMILES string of the molecule is CCc1[nH]nc(-c2ccc(N3CCCCC3)cc2)c1NC(=O)Cc1ccccc1. The first-order valence-electron chi connectivity index (χ1n) is 10.5. The molecule has 4 rings (SSSR count). The fourth-order valence-corrected chi connectivity index (χ4v) is 3.92. The van der Waals surface area contributed by atoms with E-state index in [0.717, 1.165) is 47.7 Å². The molecule has 1 aliphatic rings. The van der Waals surface area contributed by atoms with Crippen molar-refractivity contribution in [1.29, 1.82) is 0 Å². The number of rotatable bonds is 6. The minimum Gasteiger partial charge on any atom is -0.372 e. The predicted octanol–water partition coefficient (Wildman–Crippen LogP) is 4.81. The van der Waals surface area contributed by atoms with Crippen LogP contribution in [-0.4, -0.2) is 29.2 Å². The van der Waals surface area contributed by atoms with Crippen LogP contribution in [0.15, 0.2) is 54.6 Å². The van der Waals surface area contributed by atoms with Gasteiger partial charge in [0.1, 0.15) is 5.69 Å². The summed E-state index contributed by atoms with van der Waals surface area (Å²) in [5.74, 6) is -0.0292. The van der Waals surface area contributed by atoms with Crippen molar-refractivity contribution in [3.8, 4) is 11.3 Å². The van der Waals surface area contributed by atoms with Crippen LogP contribution in [0.2, 0.25) is 0 Å². The van der Waals surface area contributed by atoms with Crippen molar-refractivity contribution in [2.45, 2.75) is 39.0 Å². The number of carbonyl (C=O) groups is 1.